The zero-order chi connectivity index (χ0) is 16.5. The monoisotopic (exact) mass is 319 g/mol. The van der Waals surface area contributed by atoms with E-state index in [1.165, 1.54) is 18.5 Å². The Labute approximate surface area is 141 Å². The number of aromatic nitrogens is 1. The first-order chi connectivity index (χ1) is 11.7. The molecule has 0 atom stereocenters. The Bertz CT molecular complexity index is 858. The lowest BCUT2D eigenvalue weighted by atomic mass is 10.1. The van der Waals surface area contributed by atoms with Gasteiger partial charge in [0, 0.05) is 35.4 Å². The minimum absolute atomic E-state index is 0.108. The average Bonchev–Trinajstić information content (AvgIpc) is 3.26. The fourth-order valence-electron chi connectivity index (χ4n) is 3.35. The van der Waals surface area contributed by atoms with Crippen LogP contribution in [-0.4, -0.2) is 24.0 Å². The van der Waals surface area contributed by atoms with Gasteiger partial charge in [0.25, 0.3) is 5.91 Å². The van der Waals surface area contributed by atoms with Crippen LogP contribution in [0.15, 0.2) is 48.5 Å². The summed E-state index contributed by atoms with van der Waals surface area (Å²) < 4.78 is 0. The van der Waals surface area contributed by atoms with Crippen LogP contribution in [-0.2, 0) is 0 Å². The molecule has 0 bridgehead atoms. The summed E-state index contributed by atoms with van der Waals surface area (Å²) in [6, 6.07) is 16.1. The molecule has 2 aromatic carbocycles. The third kappa shape index (κ3) is 2.75. The van der Waals surface area contributed by atoms with Gasteiger partial charge in [-0.1, -0.05) is 18.2 Å². The molecule has 1 aliphatic heterocycles. The van der Waals surface area contributed by atoms with Gasteiger partial charge < -0.3 is 15.2 Å². The average molecular weight is 319 g/mol. The number of aromatic amines is 1. The molecule has 1 fully saturated rings. The Hall–Kier alpha value is -2.75. The number of para-hydroxylation sites is 1. The van der Waals surface area contributed by atoms with E-state index >= 15 is 0 Å². The number of nitrogens with one attached hydrogen (secondary N) is 2. The number of hydrogen-bond acceptors (Lipinski definition) is 2. The molecule has 122 valence electrons. The second-order valence-corrected chi connectivity index (χ2v) is 6.42. The van der Waals surface area contributed by atoms with Crippen LogP contribution in [0.3, 0.4) is 0 Å². The van der Waals surface area contributed by atoms with Crippen molar-refractivity contribution in [1.29, 1.82) is 0 Å². The number of carbonyl (C=O) groups excluding carboxylic acids is 1. The fourth-order valence-corrected chi connectivity index (χ4v) is 3.35. The van der Waals surface area contributed by atoms with E-state index in [0.29, 0.717) is 5.69 Å². The summed E-state index contributed by atoms with van der Waals surface area (Å²) in [5, 5.41) is 4.06. The summed E-state index contributed by atoms with van der Waals surface area (Å²) in [4.78, 5) is 18.1. The lowest BCUT2D eigenvalue weighted by Gasteiger charge is -2.19. The number of nitrogens with zero attached hydrogens (tertiary/aromatic N) is 1. The molecule has 4 heteroatoms. The van der Waals surface area contributed by atoms with Gasteiger partial charge in [0.05, 0.1) is 0 Å². The number of hydrogen-bond donors (Lipinski definition) is 2. The molecule has 0 radical (unpaired) electrons. The molecule has 1 amide bonds. The SMILES string of the molecule is Cc1cc(N2CCCC2)ccc1NC(=O)c1cc2ccccc2[nH]1. The molecule has 2 heterocycles. The normalized spacial score (nSPS) is 14.3. The molecule has 3 aromatic rings. The van der Waals surface area contributed by atoms with E-state index < -0.39 is 0 Å². The lowest BCUT2D eigenvalue weighted by Crippen LogP contribution is -2.18. The van der Waals surface area contributed by atoms with Crippen molar-refractivity contribution in [3.8, 4) is 0 Å². The van der Waals surface area contributed by atoms with Gasteiger partial charge in [0.15, 0.2) is 0 Å². The van der Waals surface area contributed by atoms with Crippen molar-refractivity contribution >= 4 is 28.2 Å². The minimum Gasteiger partial charge on any atom is -0.372 e. The molecular formula is C20H21N3O. The summed E-state index contributed by atoms with van der Waals surface area (Å²) in [5.74, 6) is -0.108. The number of H-pyrrole nitrogens is 1. The van der Waals surface area contributed by atoms with Crippen molar-refractivity contribution in [3.63, 3.8) is 0 Å². The lowest BCUT2D eigenvalue weighted by molar-refractivity contribution is 0.102. The van der Waals surface area contributed by atoms with Gasteiger partial charge in [0.1, 0.15) is 5.69 Å². The third-order valence-electron chi connectivity index (χ3n) is 4.70. The van der Waals surface area contributed by atoms with Gasteiger partial charge in [-0.15, -0.1) is 0 Å². The molecule has 1 aliphatic rings. The quantitative estimate of drug-likeness (QED) is 0.755. The number of carbonyl (C=O) groups is 1. The molecule has 1 aromatic heterocycles. The standard InChI is InChI=1S/C20H21N3O/c1-14-12-16(23-10-4-5-11-23)8-9-17(14)22-20(24)19-13-15-6-2-3-7-18(15)21-19/h2-3,6-9,12-13,21H,4-5,10-11H2,1H3,(H,22,24). The highest BCUT2D eigenvalue weighted by Crippen LogP contribution is 2.26. The second kappa shape index (κ2) is 6.04. The van der Waals surface area contributed by atoms with Gasteiger partial charge in [-0.3, -0.25) is 4.79 Å². The largest absolute Gasteiger partial charge is 0.372 e. The van der Waals surface area contributed by atoms with Crippen molar-refractivity contribution in [3.05, 3.63) is 59.8 Å². The van der Waals surface area contributed by atoms with Crippen LogP contribution in [0.25, 0.3) is 10.9 Å². The van der Waals surface area contributed by atoms with E-state index in [-0.39, 0.29) is 5.91 Å². The molecule has 4 rings (SSSR count). The number of anilines is 2. The van der Waals surface area contributed by atoms with E-state index in [1.54, 1.807) is 0 Å². The molecule has 4 nitrogen and oxygen atoms in total. The highest BCUT2D eigenvalue weighted by atomic mass is 16.1. The number of benzene rings is 2. The zero-order valence-corrected chi connectivity index (χ0v) is 13.8. The van der Waals surface area contributed by atoms with Crippen molar-refractivity contribution < 1.29 is 4.79 Å². The van der Waals surface area contributed by atoms with Crippen LogP contribution in [0.1, 0.15) is 28.9 Å². The van der Waals surface area contributed by atoms with E-state index in [9.17, 15) is 4.79 Å². The number of fused-ring (bicyclic) bond motifs is 1. The third-order valence-corrected chi connectivity index (χ3v) is 4.70. The van der Waals surface area contributed by atoms with Crippen LogP contribution in [0.4, 0.5) is 11.4 Å². The topological polar surface area (TPSA) is 48.1 Å². The highest BCUT2D eigenvalue weighted by Gasteiger charge is 2.15. The van der Waals surface area contributed by atoms with Gasteiger partial charge in [0.2, 0.25) is 0 Å². The van der Waals surface area contributed by atoms with Crippen molar-refractivity contribution in [1.82, 2.24) is 4.98 Å². The van der Waals surface area contributed by atoms with Crippen molar-refractivity contribution in [2.45, 2.75) is 19.8 Å². The Morgan fingerprint density at radius 2 is 1.88 bits per heavy atom. The van der Waals surface area contributed by atoms with Crippen LogP contribution < -0.4 is 10.2 Å². The zero-order valence-electron chi connectivity index (χ0n) is 13.8. The smallest absolute Gasteiger partial charge is 0.272 e. The van der Waals surface area contributed by atoms with Gasteiger partial charge in [-0.05, 0) is 55.7 Å². The number of rotatable bonds is 3. The van der Waals surface area contributed by atoms with Crippen molar-refractivity contribution in [2.75, 3.05) is 23.3 Å². The van der Waals surface area contributed by atoms with Gasteiger partial charge >= 0.3 is 0 Å². The maximum absolute atomic E-state index is 12.5. The molecule has 2 N–H and O–H groups in total. The molecule has 0 spiro atoms. The summed E-state index contributed by atoms with van der Waals surface area (Å²) in [7, 11) is 0. The van der Waals surface area contributed by atoms with E-state index in [4.69, 9.17) is 0 Å². The Balaban J connectivity index is 1.54. The number of amides is 1. The van der Waals surface area contributed by atoms with Crippen LogP contribution >= 0.6 is 0 Å². The van der Waals surface area contributed by atoms with Gasteiger partial charge in [-0.25, -0.2) is 0 Å². The molecule has 0 aliphatic carbocycles. The van der Waals surface area contributed by atoms with E-state index in [0.717, 1.165) is 35.2 Å². The maximum atomic E-state index is 12.5. The summed E-state index contributed by atoms with van der Waals surface area (Å²) >= 11 is 0. The summed E-state index contributed by atoms with van der Waals surface area (Å²) in [6.45, 7) is 4.29. The molecule has 0 saturated carbocycles. The molecule has 1 saturated heterocycles. The first-order valence-corrected chi connectivity index (χ1v) is 8.45. The second-order valence-electron chi connectivity index (χ2n) is 6.42. The predicted molar refractivity (Wildman–Crippen MR) is 98.9 cm³/mol. The Kier molecular flexibility index (Phi) is 3.73. The van der Waals surface area contributed by atoms with Gasteiger partial charge in [-0.2, -0.15) is 0 Å². The first-order valence-electron chi connectivity index (χ1n) is 8.45. The predicted octanol–water partition coefficient (Wildman–Crippen LogP) is 4.33. The molecular weight excluding hydrogens is 298 g/mol. The molecule has 0 unspecified atom stereocenters. The summed E-state index contributed by atoms with van der Waals surface area (Å²) in [6.07, 6.45) is 2.52. The van der Waals surface area contributed by atoms with Crippen LogP contribution in [0.5, 0.6) is 0 Å². The Morgan fingerprint density at radius 1 is 1.08 bits per heavy atom. The first kappa shape index (κ1) is 14.8. The fraction of sp³-hybridized carbons (Fsp3) is 0.250. The van der Waals surface area contributed by atoms with Crippen LogP contribution in [0.2, 0.25) is 0 Å². The minimum atomic E-state index is -0.108. The van der Waals surface area contributed by atoms with E-state index in [2.05, 4.69) is 27.3 Å². The van der Waals surface area contributed by atoms with Crippen molar-refractivity contribution in [2.24, 2.45) is 0 Å². The van der Waals surface area contributed by atoms with E-state index in [1.807, 2.05) is 43.3 Å². The number of aryl methyl sites for hydroxylation is 1. The van der Waals surface area contributed by atoms with Crippen LogP contribution in [0, 0.1) is 6.92 Å². The maximum Gasteiger partial charge on any atom is 0.272 e. The Morgan fingerprint density at radius 3 is 2.62 bits per heavy atom. The highest BCUT2D eigenvalue weighted by molar-refractivity contribution is 6.06. The molecule has 24 heavy (non-hydrogen) atoms. The summed E-state index contributed by atoms with van der Waals surface area (Å²) in [5.41, 5.74) is 4.75.